The van der Waals surface area contributed by atoms with Gasteiger partial charge in [0.15, 0.2) is 0 Å². The average Bonchev–Trinajstić information content (AvgIpc) is 1.41. The van der Waals surface area contributed by atoms with Gasteiger partial charge in [0.05, 0.1) is 0 Å². The first-order valence-electron chi connectivity index (χ1n) is 1.36. The predicted molar refractivity (Wildman–Crippen MR) is 18.8 cm³/mol. The molecule has 0 aliphatic heterocycles. The van der Waals surface area contributed by atoms with E-state index in [1.165, 1.54) is 0 Å². The molecule has 0 bridgehead atoms. The Kier molecular flexibility index (Phi) is 36.2. The molecule has 0 aromatic carbocycles. The summed E-state index contributed by atoms with van der Waals surface area (Å²) >= 11 is 0. The molecule has 0 amide bonds. The molecule has 0 spiro atoms. The maximum absolute atomic E-state index is 8.89. The SMILES string of the molecule is CC(=O)[O-].CO.[Hg+]. The van der Waals surface area contributed by atoms with Crippen molar-refractivity contribution in [1.82, 2.24) is 0 Å². The summed E-state index contributed by atoms with van der Waals surface area (Å²) in [4.78, 5) is 8.89. The van der Waals surface area contributed by atoms with Crippen molar-refractivity contribution in [3.05, 3.63) is 0 Å². The third-order valence-electron chi connectivity index (χ3n) is 0. The van der Waals surface area contributed by atoms with E-state index in [2.05, 4.69) is 0 Å². The van der Waals surface area contributed by atoms with Gasteiger partial charge >= 0.3 is 27.7 Å². The molecule has 1 N–H and O–H groups in total. The smallest absolute Gasteiger partial charge is 0.550 e. The number of hydrogen-bond acceptors (Lipinski definition) is 3. The van der Waals surface area contributed by atoms with Gasteiger partial charge in [0, 0.05) is 13.1 Å². The van der Waals surface area contributed by atoms with E-state index < -0.39 is 5.97 Å². The Balaban J connectivity index is -0.0000000480. The molecule has 1 radical (unpaired) electrons. The van der Waals surface area contributed by atoms with Crippen LogP contribution < -0.4 is 5.11 Å². The van der Waals surface area contributed by atoms with E-state index in [-0.39, 0.29) is 27.7 Å². The van der Waals surface area contributed by atoms with Crippen molar-refractivity contribution in [1.29, 1.82) is 0 Å². The molecule has 0 aliphatic carbocycles. The Morgan fingerprint density at radius 1 is 1.57 bits per heavy atom. The van der Waals surface area contributed by atoms with E-state index >= 15 is 0 Å². The molecule has 4 heteroatoms. The van der Waals surface area contributed by atoms with Crippen molar-refractivity contribution in [2.75, 3.05) is 7.11 Å². The molecule has 3 nitrogen and oxygen atoms in total. The van der Waals surface area contributed by atoms with E-state index in [1.807, 2.05) is 0 Å². The second-order valence-electron chi connectivity index (χ2n) is 0.492. The van der Waals surface area contributed by atoms with Crippen LogP contribution in [-0.4, -0.2) is 18.2 Å². The molecule has 0 saturated carbocycles. The summed E-state index contributed by atoms with van der Waals surface area (Å²) in [6, 6.07) is 0. The van der Waals surface area contributed by atoms with E-state index in [4.69, 9.17) is 15.0 Å². The van der Waals surface area contributed by atoms with Gasteiger partial charge in [-0.05, 0) is 6.92 Å². The Morgan fingerprint density at radius 2 is 1.57 bits per heavy atom. The van der Waals surface area contributed by atoms with Crippen LogP contribution in [0.2, 0.25) is 0 Å². The van der Waals surface area contributed by atoms with Gasteiger partial charge in [-0.25, -0.2) is 0 Å². The number of hydrogen-bond donors (Lipinski definition) is 1. The first-order chi connectivity index (χ1) is 2.73. The summed E-state index contributed by atoms with van der Waals surface area (Å²) < 4.78 is 0. The van der Waals surface area contributed by atoms with Crippen LogP contribution in [0.25, 0.3) is 0 Å². The summed E-state index contributed by atoms with van der Waals surface area (Å²) in [5, 5.41) is 15.9. The summed E-state index contributed by atoms with van der Waals surface area (Å²) in [6.07, 6.45) is 0. The second kappa shape index (κ2) is 16.2. The first kappa shape index (κ1) is 15.7. The normalized spacial score (nSPS) is 4.43. The molecule has 0 heterocycles. The van der Waals surface area contributed by atoms with Gasteiger partial charge in [0.25, 0.3) is 0 Å². The minimum Gasteiger partial charge on any atom is -0.550 e. The summed E-state index contributed by atoms with van der Waals surface area (Å²) in [5.74, 6) is -1.08. The van der Waals surface area contributed by atoms with Gasteiger partial charge in [-0.1, -0.05) is 0 Å². The van der Waals surface area contributed by atoms with Crippen molar-refractivity contribution in [2.24, 2.45) is 0 Å². The molecular formula is C3H7HgO3. The van der Waals surface area contributed by atoms with Crippen LogP contribution in [0.15, 0.2) is 0 Å². The number of carbonyl (C=O) groups excluding carboxylic acids is 1. The molecule has 0 unspecified atom stereocenters. The number of carboxylic acid groups (broad SMARTS) is 1. The number of aliphatic hydroxyl groups excluding tert-OH is 1. The van der Waals surface area contributed by atoms with Crippen LogP contribution in [0.3, 0.4) is 0 Å². The molecular weight excluding hydrogens is 285 g/mol. The van der Waals surface area contributed by atoms with Crippen molar-refractivity contribution >= 4 is 5.97 Å². The van der Waals surface area contributed by atoms with E-state index in [0.29, 0.717) is 0 Å². The van der Waals surface area contributed by atoms with Gasteiger partial charge in [0.2, 0.25) is 0 Å². The Morgan fingerprint density at radius 3 is 1.57 bits per heavy atom. The van der Waals surface area contributed by atoms with Gasteiger partial charge in [0.1, 0.15) is 0 Å². The van der Waals surface area contributed by atoms with E-state index in [0.717, 1.165) is 14.0 Å². The number of aliphatic hydroxyl groups is 1. The Labute approximate surface area is 62.9 Å². The van der Waals surface area contributed by atoms with Crippen LogP contribution in [0, 0.1) is 0 Å². The zero-order valence-corrected chi connectivity index (χ0v) is 9.97. The van der Waals surface area contributed by atoms with Crippen molar-refractivity contribution in [3.63, 3.8) is 0 Å². The van der Waals surface area contributed by atoms with Gasteiger partial charge < -0.3 is 15.0 Å². The third kappa shape index (κ3) is 910. The van der Waals surface area contributed by atoms with Crippen LogP contribution in [0.5, 0.6) is 0 Å². The molecule has 7 heavy (non-hydrogen) atoms. The Bertz CT molecular complexity index is 33.2. The average molecular weight is 292 g/mol. The van der Waals surface area contributed by atoms with E-state index in [9.17, 15) is 0 Å². The summed E-state index contributed by atoms with van der Waals surface area (Å²) in [7, 11) is 1.00. The molecule has 0 saturated heterocycles. The van der Waals surface area contributed by atoms with E-state index in [1.54, 1.807) is 0 Å². The maximum atomic E-state index is 8.89. The fraction of sp³-hybridized carbons (Fsp3) is 0.667. The summed E-state index contributed by atoms with van der Waals surface area (Å²) in [5.41, 5.74) is 0. The van der Waals surface area contributed by atoms with Crippen molar-refractivity contribution in [3.8, 4) is 0 Å². The van der Waals surface area contributed by atoms with Gasteiger partial charge in [-0.15, -0.1) is 0 Å². The third-order valence-corrected chi connectivity index (χ3v) is 0. The molecule has 0 aromatic heterocycles. The molecule has 0 aliphatic rings. The fourth-order valence-electron chi connectivity index (χ4n) is 0. The van der Waals surface area contributed by atoms with Crippen LogP contribution in [-0.2, 0) is 32.5 Å². The standard InChI is InChI=1S/C2H4O2.CH4O.Hg/c1-2(3)4;1-2;/h1H3,(H,3,4);2H,1H3;/q;;+1/p-1. The largest absolute Gasteiger partial charge is 1.00 e. The number of carbonyl (C=O) groups is 1. The van der Waals surface area contributed by atoms with Gasteiger partial charge in [-0.2, -0.15) is 0 Å². The first-order valence-corrected chi connectivity index (χ1v) is 1.36. The van der Waals surface area contributed by atoms with Crippen molar-refractivity contribution < 1.29 is 42.7 Å². The fourth-order valence-corrected chi connectivity index (χ4v) is 0. The van der Waals surface area contributed by atoms with Crippen LogP contribution in [0.1, 0.15) is 6.92 Å². The van der Waals surface area contributed by atoms with Gasteiger partial charge in [-0.3, -0.25) is 0 Å². The molecule has 0 aromatic rings. The number of aliphatic carboxylic acids is 1. The maximum Gasteiger partial charge on any atom is 1.00 e. The topological polar surface area (TPSA) is 60.4 Å². The molecule has 0 fully saturated rings. The molecule has 0 rings (SSSR count). The molecule has 0 atom stereocenters. The monoisotopic (exact) mass is 293 g/mol. The quantitative estimate of drug-likeness (QED) is 0.545. The molecule has 39 valence electrons. The minimum atomic E-state index is -1.08. The zero-order chi connectivity index (χ0) is 5.58. The van der Waals surface area contributed by atoms with Crippen LogP contribution in [0.4, 0.5) is 0 Å². The number of carboxylic acids is 1. The minimum absolute atomic E-state index is 0. The Hall–Kier alpha value is 0.365. The number of rotatable bonds is 0. The van der Waals surface area contributed by atoms with Crippen molar-refractivity contribution in [2.45, 2.75) is 6.92 Å². The summed E-state index contributed by atoms with van der Waals surface area (Å²) in [6.45, 7) is 0.972. The zero-order valence-electron chi connectivity index (χ0n) is 4.47. The predicted octanol–water partition coefficient (Wildman–Crippen LogP) is -1.64. The van der Waals surface area contributed by atoms with Crippen LogP contribution >= 0.6 is 0 Å². The second-order valence-corrected chi connectivity index (χ2v) is 0.492.